The molecule has 1 atom stereocenters. The zero-order chi connectivity index (χ0) is 13.9. The molecular weight excluding hydrogens is 248 g/mol. The highest BCUT2D eigenvalue weighted by Gasteiger charge is 2.24. The maximum Gasteiger partial charge on any atom is 0.318 e. The Morgan fingerprint density at radius 2 is 1.95 bits per heavy atom. The van der Waals surface area contributed by atoms with Crippen LogP contribution in [0.4, 0.5) is 0 Å². The highest BCUT2D eigenvalue weighted by Crippen LogP contribution is 2.29. The summed E-state index contributed by atoms with van der Waals surface area (Å²) in [7, 11) is 0. The molecule has 2 aromatic carbocycles. The lowest BCUT2D eigenvalue weighted by atomic mass is 9.89. The Labute approximate surface area is 119 Å². The molecule has 102 valence electrons. The van der Waals surface area contributed by atoms with Crippen LogP contribution >= 0.6 is 0 Å². The summed E-state index contributed by atoms with van der Waals surface area (Å²) >= 11 is 0. The van der Waals surface area contributed by atoms with Crippen LogP contribution in [-0.2, 0) is 4.79 Å². The molecule has 0 saturated carbocycles. The van der Waals surface area contributed by atoms with Crippen molar-refractivity contribution >= 4 is 16.7 Å². The fourth-order valence-electron chi connectivity index (χ4n) is 2.79. The van der Waals surface area contributed by atoms with Crippen molar-refractivity contribution in [2.24, 2.45) is 5.92 Å². The number of carbonyl (C=O) groups excluding carboxylic acids is 1. The number of benzene rings is 2. The summed E-state index contributed by atoms with van der Waals surface area (Å²) in [5, 5.41) is 2.08. The molecular formula is C18H18O2. The molecule has 2 aromatic rings. The second-order valence-corrected chi connectivity index (χ2v) is 5.33. The minimum Gasteiger partial charge on any atom is -0.425 e. The standard InChI is InChI=1S/C18H18O2/c1-13-7-2-4-10-15(13)18(19)20-17-12-6-9-14-8-3-5-11-16(14)17/h3,5-9,11-12,15H,2,4,10H2,1H3. The van der Waals surface area contributed by atoms with Crippen molar-refractivity contribution in [1.29, 1.82) is 0 Å². The van der Waals surface area contributed by atoms with Crippen LogP contribution in [0.15, 0.2) is 54.1 Å². The molecule has 0 fully saturated rings. The molecule has 0 spiro atoms. The van der Waals surface area contributed by atoms with Gasteiger partial charge in [0, 0.05) is 5.39 Å². The number of allylic oxidation sites excluding steroid dienone is 1. The molecule has 0 bridgehead atoms. The van der Waals surface area contributed by atoms with Crippen LogP contribution in [-0.4, -0.2) is 5.97 Å². The van der Waals surface area contributed by atoms with Gasteiger partial charge in [0.2, 0.25) is 0 Å². The van der Waals surface area contributed by atoms with Crippen LogP contribution in [0.1, 0.15) is 26.2 Å². The van der Waals surface area contributed by atoms with Gasteiger partial charge in [-0.3, -0.25) is 4.79 Å². The first kappa shape index (κ1) is 12.9. The number of fused-ring (bicyclic) bond motifs is 1. The normalized spacial score (nSPS) is 18.6. The second-order valence-electron chi connectivity index (χ2n) is 5.33. The summed E-state index contributed by atoms with van der Waals surface area (Å²) in [6.45, 7) is 2.02. The zero-order valence-corrected chi connectivity index (χ0v) is 11.6. The van der Waals surface area contributed by atoms with E-state index in [0.717, 1.165) is 35.6 Å². The first-order valence-corrected chi connectivity index (χ1v) is 7.12. The monoisotopic (exact) mass is 266 g/mol. The average Bonchev–Trinajstić information content (AvgIpc) is 2.48. The number of rotatable bonds is 2. The summed E-state index contributed by atoms with van der Waals surface area (Å²) in [5.74, 6) is 0.448. The Balaban J connectivity index is 1.88. The quantitative estimate of drug-likeness (QED) is 0.455. The lowest BCUT2D eigenvalue weighted by Crippen LogP contribution is -2.23. The van der Waals surface area contributed by atoms with Gasteiger partial charge in [0.25, 0.3) is 0 Å². The largest absolute Gasteiger partial charge is 0.425 e. The van der Waals surface area contributed by atoms with Crippen molar-refractivity contribution < 1.29 is 9.53 Å². The van der Waals surface area contributed by atoms with Crippen LogP contribution in [0, 0.1) is 5.92 Å². The van der Waals surface area contributed by atoms with Gasteiger partial charge in [-0.2, -0.15) is 0 Å². The molecule has 0 saturated heterocycles. The predicted octanol–water partition coefficient (Wildman–Crippen LogP) is 4.49. The van der Waals surface area contributed by atoms with E-state index in [4.69, 9.17) is 4.74 Å². The lowest BCUT2D eigenvalue weighted by Gasteiger charge is -2.20. The van der Waals surface area contributed by atoms with Gasteiger partial charge in [0.15, 0.2) is 0 Å². The second kappa shape index (κ2) is 5.49. The Morgan fingerprint density at radius 3 is 2.80 bits per heavy atom. The first-order chi connectivity index (χ1) is 9.75. The maximum atomic E-state index is 12.4. The minimum atomic E-state index is -0.130. The SMILES string of the molecule is CC1=CCCCC1C(=O)Oc1cccc2ccccc12. The van der Waals surface area contributed by atoms with E-state index in [1.807, 2.05) is 49.4 Å². The molecule has 2 heteroatoms. The van der Waals surface area contributed by atoms with E-state index in [1.54, 1.807) is 0 Å². The van der Waals surface area contributed by atoms with Crippen molar-refractivity contribution in [3.8, 4) is 5.75 Å². The number of carbonyl (C=O) groups is 1. The Morgan fingerprint density at radius 1 is 1.15 bits per heavy atom. The third-order valence-corrected chi connectivity index (χ3v) is 3.96. The van der Waals surface area contributed by atoms with Crippen LogP contribution in [0.5, 0.6) is 5.75 Å². The predicted molar refractivity (Wildman–Crippen MR) is 80.7 cm³/mol. The van der Waals surface area contributed by atoms with Gasteiger partial charge in [-0.1, -0.05) is 48.0 Å². The van der Waals surface area contributed by atoms with Crippen molar-refractivity contribution in [2.45, 2.75) is 26.2 Å². The van der Waals surface area contributed by atoms with Gasteiger partial charge in [-0.05, 0) is 37.6 Å². The summed E-state index contributed by atoms with van der Waals surface area (Å²) in [5.41, 5.74) is 1.14. The summed E-state index contributed by atoms with van der Waals surface area (Å²) in [6, 6.07) is 13.8. The molecule has 0 amide bonds. The Kier molecular flexibility index (Phi) is 3.55. The maximum absolute atomic E-state index is 12.4. The van der Waals surface area contributed by atoms with Crippen molar-refractivity contribution in [2.75, 3.05) is 0 Å². The third-order valence-electron chi connectivity index (χ3n) is 3.96. The van der Waals surface area contributed by atoms with Crippen LogP contribution < -0.4 is 4.74 Å². The van der Waals surface area contributed by atoms with Gasteiger partial charge in [-0.15, -0.1) is 0 Å². The third kappa shape index (κ3) is 2.46. The van der Waals surface area contributed by atoms with Crippen LogP contribution in [0.3, 0.4) is 0 Å². The molecule has 0 radical (unpaired) electrons. The van der Waals surface area contributed by atoms with E-state index in [9.17, 15) is 4.79 Å². The van der Waals surface area contributed by atoms with Crippen molar-refractivity contribution in [3.63, 3.8) is 0 Å². The molecule has 1 unspecified atom stereocenters. The van der Waals surface area contributed by atoms with Crippen molar-refractivity contribution in [1.82, 2.24) is 0 Å². The first-order valence-electron chi connectivity index (χ1n) is 7.12. The van der Waals surface area contributed by atoms with E-state index < -0.39 is 0 Å². The highest BCUT2D eigenvalue weighted by atomic mass is 16.5. The zero-order valence-electron chi connectivity index (χ0n) is 11.6. The van der Waals surface area contributed by atoms with E-state index >= 15 is 0 Å². The van der Waals surface area contributed by atoms with Crippen LogP contribution in [0.2, 0.25) is 0 Å². The molecule has 1 aliphatic rings. The Hall–Kier alpha value is -2.09. The molecule has 3 rings (SSSR count). The topological polar surface area (TPSA) is 26.3 Å². The summed E-state index contributed by atoms with van der Waals surface area (Å²) in [6.07, 6.45) is 5.18. The fraction of sp³-hybridized carbons (Fsp3) is 0.278. The molecule has 0 aliphatic heterocycles. The molecule has 2 nitrogen and oxygen atoms in total. The minimum absolute atomic E-state index is 0.0808. The van der Waals surface area contributed by atoms with Gasteiger partial charge in [0.1, 0.15) is 5.75 Å². The highest BCUT2D eigenvalue weighted by molar-refractivity contribution is 5.91. The van der Waals surface area contributed by atoms with E-state index in [0.29, 0.717) is 5.75 Å². The van der Waals surface area contributed by atoms with Crippen LogP contribution in [0.25, 0.3) is 10.8 Å². The lowest BCUT2D eigenvalue weighted by molar-refractivity contribution is -0.137. The van der Waals surface area contributed by atoms with E-state index in [2.05, 4.69) is 6.08 Å². The Bertz CT molecular complexity index is 665. The molecule has 0 N–H and O–H groups in total. The van der Waals surface area contributed by atoms with Gasteiger partial charge in [-0.25, -0.2) is 0 Å². The smallest absolute Gasteiger partial charge is 0.318 e. The molecule has 20 heavy (non-hydrogen) atoms. The number of hydrogen-bond acceptors (Lipinski definition) is 2. The average molecular weight is 266 g/mol. The van der Waals surface area contributed by atoms with Gasteiger partial charge >= 0.3 is 5.97 Å². The summed E-state index contributed by atoms with van der Waals surface area (Å²) < 4.78 is 5.66. The molecule has 0 aromatic heterocycles. The van der Waals surface area contributed by atoms with Crippen molar-refractivity contribution in [3.05, 3.63) is 54.1 Å². The molecule has 0 heterocycles. The molecule has 1 aliphatic carbocycles. The van der Waals surface area contributed by atoms with Gasteiger partial charge < -0.3 is 4.74 Å². The van der Waals surface area contributed by atoms with E-state index in [-0.39, 0.29) is 11.9 Å². The number of esters is 1. The van der Waals surface area contributed by atoms with Gasteiger partial charge in [0.05, 0.1) is 5.92 Å². The summed E-state index contributed by atoms with van der Waals surface area (Å²) in [4.78, 5) is 12.4. The number of hydrogen-bond donors (Lipinski definition) is 0. The van der Waals surface area contributed by atoms with E-state index in [1.165, 1.54) is 0 Å². The fourth-order valence-corrected chi connectivity index (χ4v) is 2.79. The number of ether oxygens (including phenoxy) is 1.